The molecule has 94 valence electrons. The minimum atomic E-state index is -0.00492. The van der Waals surface area contributed by atoms with Crippen LogP contribution in [-0.2, 0) is 13.6 Å². The van der Waals surface area contributed by atoms with Crippen LogP contribution in [0.25, 0.3) is 0 Å². The average Bonchev–Trinajstić information content (AvgIpc) is 2.81. The van der Waals surface area contributed by atoms with E-state index in [-0.39, 0.29) is 5.84 Å². The summed E-state index contributed by atoms with van der Waals surface area (Å²) in [4.78, 5) is 4.01. The van der Waals surface area contributed by atoms with Gasteiger partial charge < -0.3 is 16.3 Å². The molecule has 0 saturated carbocycles. The molecule has 2 rings (SSSR count). The van der Waals surface area contributed by atoms with Crippen molar-refractivity contribution in [2.45, 2.75) is 6.54 Å². The van der Waals surface area contributed by atoms with Crippen molar-refractivity contribution in [2.24, 2.45) is 17.9 Å². The molecule has 18 heavy (non-hydrogen) atoms. The molecule has 2 aromatic rings. The van der Waals surface area contributed by atoms with Gasteiger partial charge >= 0.3 is 0 Å². The standard InChI is InChI=1S/C11H14N6O/c1-17-5-3-10(15-17)14-7-8-2-4-13-9(6-8)11(12)16-18/h2-6,18H,7H2,1H3,(H2,12,16)(H,14,15). The second-order valence-electron chi connectivity index (χ2n) is 3.76. The van der Waals surface area contributed by atoms with Crippen LogP contribution in [0.2, 0.25) is 0 Å². The van der Waals surface area contributed by atoms with Gasteiger partial charge in [-0.2, -0.15) is 5.10 Å². The van der Waals surface area contributed by atoms with Crippen LogP contribution in [0, 0.1) is 0 Å². The molecule has 0 saturated heterocycles. The molecule has 0 spiro atoms. The molecule has 0 aliphatic rings. The molecule has 0 radical (unpaired) electrons. The Balaban J connectivity index is 2.05. The number of rotatable bonds is 4. The Kier molecular flexibility index (Phi) is 3.42. The van der Waals surface area contributed by atoms with Crippen molar-refractivity contribution in [3.8, 4) is 0 Å². The Morgan fingerprint density at radius 1 is 1.56 bits per heavy atom. The summed E-state index contributed by atoms with van der Waals surface area (Å²) in [6.45, 7) is 0.589. The van der Waals surface area contributed by atoms with E-state index in [0.717, 1.165) is 11.4 Å². The summed E-state index contributed by atoms with van der Waals surface area (Å²) in [7, 11) is 1.86. The molecule has 0 bridgehead atoms. The third kappa shape index (κ3) is 2.76. The summed E-state index contributed by atoms with van der Waals surface area (Å²) in [6.07, 6.45) is 3.47. The van der Waals surface area contributed by atoms with Gasteiger partial charge in [-0.3, -0.25) is 9.67 Å². The third-order valence-electron chi connectivity index (χ3n) is 2.38. The number of hydrogen-bond donors (Lipinski definition) is 3. The minimum Gasteiger partial charge on any atom is -0.409 e. The molecule has 0 aliphatic carbocycles. The van der Waals surface area contributed by atoms with E-state index in [9.17, 15) is 0 Å². The Bertz CT molecular complexity index is 562. The average molecular weight is 246 g/mol. The Hall–Kier alpha value is -2.57. The van der Waals surface area contributed by atoms with E-state index in [1.807, 2.05) is 25.4 Å². The first-order valence-electron chi connectivity index (χ1n) is 5.35. The van der Waals surface area contributed by atoms with E-state index in [1.165, 1.54) is 0 Å². The van der Waals surface area contributed by atoms with Crippen LogP contribution in [-0.4, -0.2) is 25.8 Å². The van der Waals surface area contributed by atoms with E-state index in [1.54, 1.807) is 16.9 Å². The van der Waals surface area contributed by atoms with Crippen molar-refractivity contribution < 1.29 is 5.21 Å². The van der Waals surface area contributed by atoms with E-state index < -0.39 is 0 Å². The van der Waals surface area contributed by atoms with Crippen LogP contribution < -0.4 is 11.1 Å². The van der Waals surface area contributed by atoms with Gasteiger partial charge in [-0.25, -0.2) is 0 Å². The predicted octanol–water partition coefficient (Wildman–Crippen LogP) is 0.522. The van der Waals surface area contributed by atoms with Crippen molar-refractivity contribution >= 4 is 11.7 Å². The molecule has 4 N–H and O–H groups in total. The Morgan fingerprint density at radius 3 is 3.06 bits per heavy atom. The second kappa shape index (κ2) is 5.17. The van der Waals surface area contributed by atoms with Gasteiger partial charge in [-0.15, -0.1) is 0 Å². The van der Waals surface area contributed by atoms with Crippen LogP contribution in [0.15, 0.2) is 35.7 Å². The van der Waals surface area contributed by atoms with Gasteiger partial charge in [0.15, 0.2) is 5.84 Å². The van der Waals surface area contributed by atoms with E-state index in [0.29, 0.717) is 12.2 Å². The highest BCUT2D eigenvalue weighted by atomic mass is 16.4. The summed E-state index contributed by atoms with van der Waals surface area (Å²) >= 11 is 0. The predicted molar refractivity (Wildman–Crippen MR) is 67.3 cm³/mol. The van der Waals surface area contributed by atoms with Crippen molar-refractivity contribution in [1.29, 1.82) is 0 Å². The quantitative estimate of drug-likeness (QED) is 0.316. The number of anilines is 1. The number of hydrogen-bond acceptors (Lipinski definition) is 5. The minimum absolute atomic E-state index is 0.00492. The van der Waals surface area contributed by atoms with E-state index >= 15 is 0 Å². The summed E-state index contributed by atoms with van der Waals surface area (Å²) in [5, 5.41) is 18.9. The zero-order chi connectivity index (χ0) is 13.0. The van der Waals surface area contributed by atoms with E-state index in [4.69, 9.17) is 10.9 Å². The molecule has 0 aromatic carbocycles. The van der Waals surface area contributed by atoms with Gasteiger partial charge in [0.1, 0.15) is 11.5 Å². The lowest BCUT2D eigenvalue weighted by molar-refractivity contribution is 0.318. The normalized spacial score (nSPS) is 11.5. The lowest BCUT2D eigenvalue weighted by Gasteiger charge is -2.04. The van der Waals surface area contributed by atoms with Crippen molar-refractivity contribution in [1.82, 2.24) is 14.8 Å². The fourth-order valence-electron chi connectivity index (χ4n) is 1.48. The lowest BCUT2D eigenvalue weighted by Crippen LogP contribution is -2.15. The molecule has 2 heterocycles. The summed E-state index contributed by atoms with van der Waals surface area (Å²) in [6, 6.07) is 5.49. The number of pyridine rings is 1. The summed E-state index contributed by atoms with van der Waals surface area (Å²) in [5.41, 5.74) is 6.89. The fourth-order valence-corrected chi connectivity index (χ4v) is 1.48. The van der Waals surface area contributed by atoms with Gasteiger partial charge in [-0.05, 0) is 17.7 Å². The van der Waals surface area contributed by atoms with Crippen molar-refractivity contribution in [3.05, 3.63) is 41.9 Å². The Morgan fingerprint density at radius 2 is 2.39 bits per heavy atom. The number of nitrogens with two attached hydrogens (primary N) is 1. The molecule has 2 aromatic heterocycles. The van der Waals surface area contributed by atoms with Gasteiger partial charge in [0, 0.05) is 32.1 Å². The van der Waals surface area contributed by atoms with Crippen LogP contribution in [0.4, 0.5) is 5.82 Å². The first-order chi connectivity index (χ1) is 8.69. The molecule has 0 unspecified atom stereocenters. The van der Waals surface area contributed by atoms with E-state index in [2.05, 4.69) is 20.6 Å². The number of nitrogens with one attached hydrogen (secondary N) is 1. The lowest BCUT2D eigenvalue weighted by atomic mass is 10.2. The van der Waals surface area contributed by atoms with Gasteiger partial charge in [-0.1, -0.05) is 5.16 Å². The molecular weight excluding hydrogens is 232 g/mol. The van der Waals surface area contributed by atoms with Gasteiger partial charge in [0.05, 0.1) is 0 Å². The molecule has 7 nitrogen and oxygen atoms in total. The third-order valence-corrected chi connectivity index (χ3v) is 2.38. The summed E-state index contributed by atoms with van der Waals surface area (Å²) < 4.78 is 1.72. The maximum Gasteiger partial charge on any atom is 0.188 e. The molecular formula is C11H14N6O. The first-order valence-corrected chi connectivity index (χ1v) is 5.35. The first kappa shape index (κ1) is 11.9. The zero-order valence-corrected chi connectivity index (χ0v) is 9.91. The highest BCUT2D eigenvalue weighted by Crippen LogP contribution is 2.06. The highest BCUT2D eigenvalue weighted by molar-refractivity contribution is 5.95. The smallest absolute Gasteiger partial charge is 0.188 e. The van der Waals surface area contributed by atoms with Crippen molar-refractivity contribution in [2.75, 3.05) is 5.32 Å². The van der Waals surface area contributed by atoms with Crippen LogP contribution in [0.1, 0.15) is 11.3 Å². The van der Waals surface area contributed by atoms with Gasteiger partial charge in [0.2, 0.25) is 0 Å². The number of amidine groups is 1. The SMILES string of the molecule is Cn1ccc(NCc2ccnc(C(N)=NO)c2)n1. The number of oxime groups is 1. The number of aryl methyl sites for hydroxylation is 1. The largest absolute Gasteiger partial charge is 0.409 e. The molecule has 0 atom stereocenters. The van der Waals surface area contributed by atoms with Gasteiger partial charge in [0.25, 0.3) is 0 Å². The molecule has 7 heteroatoms. The zero-order valence-electron chi connectivity index (χ0n) is 9.91. The highest BCUT2D eigenvalue weighted by Gasteiger charge is 2.03. The maximum absolute atomic E-state index is 8.58. The topological polar surface area (TPSA) is 101 Å². The number of aromatic nitrogens is 3. The van der Waals surface area contributed by atoms with Crippen LogP contribution >= 0.6 is 0 Å². The molecule has 0 aliphatic heterocycles. The molecule has 0 amide bonds. The second-order valence-corrected chi connectivity index (χ2v) is 3.76. The molecule has 0 fully saturated rings. The fraction of sp³-hybridized carbons (Fsp3) is 0.182. The maximum atomic E-state index is 8.58. The number of nitrogens with zero attached hydrogens (tertiary/aromatic N) is 4. The van der Waals surface area contributed by atoms with Crippen LogP contribution in [0.3, 0.4) is 0 Å². The monoisotopic (exact) mass is 246 g/mol. The Labute approximate surface area is 104 Å². The van der Waals surface area contributed by atoms with Crippen LogP contribution in [0.5, 0.6) is 0 Å². The summed E-state index contributed by atoms with van der Waals surface area (Å²) in [5.74, 6) is 0.786. The van der Waals surface area contributed by atoms with Crippen molar-refractivity contribution in [3.63, 3.8) is 0 Å².